The summed E-state index contributed by atoms with van der Waals surface area (Å²) in [7, 11) is 0.730. The number of fused-ring (bicyclic) bond motifs is 2. The van der Waals surface area contributed by atoms with Crippen LogP contribution in [0.4, 0.5) is 0 Å². The van der Waals surface area contributed by atoms with Gasteiger partial charge in [-0.2, -0.15) is 0 Å². The molecular weight excluding hydrogens is 323 g/mol. The van der Waals surface area contributed by atoms with Crippen LogP contribution in [0.15, 0.2) is 0 Å². The molecular formula is C14H27BBrO4. The van der Waals surface area contributed by atoms with Gasteiger partial charge in [-0.05, 0) is 50.4 Å². The topological polar surface area (TPSA) is 69.9 Å². The second-order valence-electron chi connectivity index (χ2n) is 6.67. The largest absolute Gasteiger partial charge is 0.485 e. The van der Waals surface area contributed by atoms with E-state index in [0.717, 1.165) is 45.1 Å². The lowest BCUT2D eigenvalue weighted by molar-refractivity contribution is -0.312. The summed E-state index contributed by atoms with van der Waals surface area (Å²) in [6.45, 7) is 6.51. The molecule has 0 aromatic rings. The maximum atomic E-state index is 10.2. The zero-order chi connectivity index (χ0) is 15.4. The van der Waals surface area contributed by atoms with Crippen molar-refractivity contribution in [3.8, 4) is 0 Å². The van der Waals surface area contributed by atoms with E-state index in [4.69, 9.17) is 5.02 Å². The number of hydrogen-bond donors (Lipinski definition) is 3. The highest BCUT2D eigenvalue weighted by Gasteiger charge is 2.69. The minimum absolute atomic E-state index is 0.0885. The van der Waals surface area contributed by atoms with Crippen molar-refractivity contribution in [1.29, 1.82) is 0 Å². The van der Waals surface area contributed by atoms with Crippen LogP contribution in [0.5, 0.6) is 0 Å². The smallest absolute Gasteiger partial charge is 0.429 e. The number of halogens is 1. The first-order chi connectivity index (χ1) is 9.23. The Kier molecular flexibility index (Phi) is 6.54. The Morgan fingerprint density at radius 2 is 1.90 bits per heavy atom. The molecule has 0 aromatic carbocycles. The number of alkyl halides is 1. The Bertz CT molecular complexity index is 296. The van der Waals surface area contributed by atoms with Crippen molar-refractivity contribution < 1.29 is 19.9 Å². The normalized spacial score (nSPS) is 37.5. The van der Waals surface area contributed by atoms with Crippen molar-refractivity contribution in [2.24, 2.45) is 11.3 Å². The first-order valence-corrected chi connectivity index (χ1v) is 8.43. The Hall–Kier alpha value is 0.385. The lowest BCUT2D eigenvalue weighted by atomic mass is 9.41. The maximum Gasteiger partial charge on any atom is 0.485 e. The number of unbranched alkanes of at least 4 members (excludes halogenated alkanes) is 1. The van der Waals surface area contributed by atoms with E-state index in [1.807, 2.05) is 0 Å². The number of hydrogen-bond acceptors (Lipinski definition) is 4. The molecule has 2 bridgehead atoms. The van der Waals surface area contributed by atoms with Crippen LogP contribution in [0.1, 0.15) is 52.9 Å². The summed E-state index contributed by atoms with van der Waals surface area (Å²) >= 11 is 3.27. The maximum absolute atomic E-state index is 10.2. The van der Waals surface area contributed by atoms with Crippen LogP contribution >= 0.6 is 15.9 Å². The SMILES string of the molecule is CC1(O)CCC2C[C@@]1(O)C2(C)C.O[B]OCCCCBr. The fraction of sp³-hybridized carbons (Fsp3) is 1.00. The van der Waals surface area contributed by atoms with Crippen LogP contribution in [0.25, 0.3) is 0 Å². The summed E-state index contributed by atoms with van der Waals surface area (Å²) in [5.41, 5.74) is -1.79. The first kappa shape index (κ1) is 18.4. The molecule has 3 rings (SSSR count). The van der Waals surface area contributed by atoms with Gasteiger partial charge in [0.05, 0.1) is 11.2 Å². The highest BCUT2D eigenvalue weighted by Crippen LogP contribution is 2.65. The Balaban J connectivity index is 0.000000221. The third-order valence-corrected chi connectivity index (χ3v) is 5.78. The third-order valence-electron chi connectivity index (χ3n) is 5.22. The average molecular weight is 350 g/mol. The lowest BCUT2D eigenvalue weighted by Gasteiger charge is -2.68. The monoisotopic (exact) mass is 349 g/mol. The van der Waals surface area contributed by atoms with Gasteiger partial charge in [-0.25, -0.2) is 0 Å². The standard InChI is InChI=1S/C10H18O2.C4H9BBrO2/c1-8(2)7-4-5-9(3,11)10(8,12)6-7;6-3-1-2-4-8-5-7/h7,11-12H,4-6H2,1-3H3;7H,1-4H2/t7?,9?,10-;/m1./s1. The molecule has 1 radical (unpaired) electrons. The molecule has 3 N–H and O–H groups in total. The quantitative estimate of drug-likeness (QED) is 0.403. The minimum Gasteiger partial charge on any atom is -0.429 e. The Labute approximate surface area is 131 Å². The summed E-state index contributed by atoms with van der Waals surface area (Å²) in [5, 5.41) is 29.3. The van der Waals surface area contributed by atoms with E-state index in [-0.39, 0.29) is 5.41 Å². The summed E-state index contributed by atoms with van der Waals surface area (Å²) in [5.74, 6) is 0.614. The number of rotatable bonds is 5. The molecule has 3 fully saturated rings. The second-order valence-corrected chi connectivity index (χ2v) is 7.46. The van der Waals surface area contributed by atoms with Gasteiger partial charge >= 0.3 is 7.69 Å². The highest BCUT2D eigenvalue weighted by molar-refractivity contribution is 9.09. The first-order valence-electron chi connectivity index (χ1n) is 7.31. The highest BCUT2D eigenvalue weighted by atomic mass is 79.9. The fourth-order valence-electron chi connectivity index (χ4n) is 3.45. The molecule has 117 valence electrons. The van der Waals surface area contributed by atoms with Gasteiger partial charge < -0.3 is 19.9 Å². The molecule has 0 aromatic heterocycles. The van der Waals surface area contributed by atoms with E-state index in [2.05, 4.69) is 34.4 Å². The van der Waals surface area contributed by atoms with E-state index in [0.29, 0.717) is 12.5 Å². The van der Waals surface area contributed by atoms with Crippen LogP contribution < -0.4 is 0 Å². The van der Waals surface area contributed by atoms with Crippen LogP contribution in [0, 0.1) is 11.3 Å². The van der Waals surface area contributed by atoms with Crippen LogP contribution in [0.2, 0.25) is 0 Å². The van der Waals surface area contributed by atoms with Gasteiger partial charge in [-0.1, -0.05) is 29.8 Å². The van der Waals surface area contributed by atoms with Crippen molar-refractivity contribution >= 4 is 23.6 Å². The Morgan fingerprint density at radius 1 is 1.25 bits per heavy atom. The summed E-state index contributed by atoms with van der Waals surface area (Å²) in [6, 6.07) is 0. The summed E-state index contributed by atoms with van der Waals surface area (Å²) in [6.07, 6.45) is 4.67. The molecule has 20 heavy (non-hydrogen) atoms. The van der Waals surface area contributed by atoms with Crippen molar-refractivity contribution in [3.05, 3.63) is 0 Å². The van der Waals surface area contributed by atoms with Crippen LogP contribution in [0.3, 0.4) is 0 Å². The van der Waals surface area contributed by atoms with Gasteiger partial charge in [0, 0.05) is 11.9 Å². The van der Waals surface area contributed by atoms with Crippen LogP contribution in [-0.2, 0) is 4.65 Å². The van der Waals surface area contributed by atoms with E-state index >= 15 is 0 Å². The van der Waals surface area contributed by atoms with Crippen molar-refractivity contribution in [2.45, 2.75) is 64.1 Å². The van der Waals surface area contributed by atoms with Gasteiger partial charge in [0.2, 0.25) is 0 Å². The molecule has 6 heteroatoms. The van der Waals surface area contributed by atoms with E-state index in [1.54, 1.807) is 6.92 Å². The summed E-state index contributed by atoms with van der Waals surface area (Å²) in [4.78, 5) is 0. The molecule has 3 aliphatic rings. The molecule has 4 nitrogen and oxygen atoms in total. The van der Waals surface area contributed by atoms with E-state index in [1.165, 1.54) is 0 Å². The Morgan fingerprint density at radius 3 is 2.30 bits per heavy atom. The predicted octanol–water partition coefficient (Wildman–Crippen LogP) is 2.01. The van der Waals surface area contributed by atoms with E-state index in [9.17, 15) is 10.2 Å². The molecule has 3 atom stereocenters. The lowest BCUT2D eigenvalue weighted by Crippen LogP contribution is -2.74. The van der Waals surface area contributed by atoms with Crippen molar-refractivity contribution in [3.63, 3.8) is 0 Å². The second kappa shape index (κ2) is 7.10. The molecule has 2 unspecified atom stereocenters. The van der Waals surface area contributed by atoms with Crippen molar-refractivity contribution in [2.75, 3.05) is 11.9 Å². The van der Waals surface area contributed by atoms with Gasteiger partial charge in [-0.3, -0.25) is 0 Å². The average Bonchev–Trinajstić information content (AvgIpc) is 2.38. The van der Waals surface area contributed by atoms with Crippen molar-refractivity contribution in [1.82, 2.24) is 0 Å². The predicted molar refractivity (Wildman–Crippen MR) is 83.6 cm³/mol. The van der Waals surface area contributed by atoms with E-state index < -0.39 is 11.2 Å². The third kappa shape index (κ3) is 3.41. The molecule has 0 saturated heterocycles. The van der Waals surface area contributed by atoms with Gasteiger partial charge in [-0.15, -0.1) is 0 Å². The van der Waals surface area contributed by atoms with Gasteiger partial charge in [0.25, 0.3) is 0 Å². The number of aliphatic hydroxyl groups is 2. The molecule has 3 saturated carbocycles. The molecule has 0 amide bonds. The zero-order valence-corrected chi connectivity index (χ0v) is 14.3. The molecule has 3 aliphatic carbocycles. The van der Waals surface area contributed by atoms with Gasteiger partial charge in [0.15, 0.2) is 0 Å². The van der Waals surface area contributed by atoms with Crippen LogP contribution in [-0.4, -0.2) is 46.1 Å². The van der Waals surface area contributed by atoms with Gasteiger partial charge in [0.1, 0.15) is 0 Å². The fourth-order valence-corrected chi connectivity index (χ4v) is 3.85. The molecule has 0 aliphatic heterocycles. The zero-order valence-electron chi connectivity index (χ0n) is 12.7. The molecule has 0 spiro atoms. The summed E-state index contributed by atoms with van der Waals surface area (Å²) < 4.78 is 4.55. The minimum atomic E-state index is -0.870. The molecule has 0 heterocycles.